The van der Waals surface area contributed by atoms with Gasteiger partial charge in [-0.05, 0) is 35.9 Å². The highest BCUT2D eigenvalue weighted by molar-refractivity contribution is 5.97. The zero-order chi connectivity index (χ0) is 21.3. The Balaban J connectivity index is 1.45. The summed E-state index contributed by atoms with van der Waals surface area (Å²) in [6, 6.07) is 13.3. The number of nitrogens with zero attached hydrogens (tertiary/aromatic N) is 2. The SMILES string of the molecule is CN(C)c1cccc(CNC(=O)c2ccc3nc([C@H]4C[C@H](O)[C@@H](CO)O4)[nH]c3c2)c1. The third kappa shape index (κ3) is 4.16. The Labute approximate surface area is 174 Å². The van der Waals surface area contributed by atoms with E-state index in [4.69, 9.17) is 4.74 Å². The summed E-state index contributed by atoms with van der Waals surface area (Å²) in [6.07, 6.45) is -1.37. The van der Waals surface area contributed by atoms with Crippen LogP contribution in [0.25, 0.3) is 11.0 Å². The summed E-state index contributed by atoms with van der Waals surface area (Å²) >= 11 is 0. The number of aromatic amines is 1. The van der Waals surface area contributed by atoms with Gasteiger partial charge in [-0.1, -0.05) is 12.1 Å². The van der Waals surface area contributed by atoms with Gasteiger partial charge in [0.25, 0.3) is 5.91 Å². The first-order valence-corrected chi connectivity index (χ1v) is 9.93. The average Bonchev–Trinajstić information content (AvgIpc) is 3.34. The predicted octanol–water partition coefficient (Wildman–Crippen LogP) is 1.74. The number of carbonyl (C=O) groups excluding carboxylic acids is 1. The maximum atomic E-state index is 12.6. The number of hydrogen-bond acceptors (Lipinski definition) is 6. The normalized spacial score (nSPS) is 21.1. The first-order chi connectivity index (χ1) is 14.4. The lowest BCUT2D eigenvalue weighted by molar-refractivity contribution is -0.0244. The van der Waals surface area contributed by atoms with Crippen molar-refractivity contribution in [3.8, 4) is 0 Å². The van der Waals surface area contributed by atoms with Gasteiger partial charge >= 0.3 is 0 Å². The van der Waals surface area contributed by atoms with Crippen LogP contribution in [-0.4, -0.2) is 59.0 Å². The number of benzene rings is 2. The van der Waals surface area contributed by atoms with Gasteiger partial charge in [0.15, 0.2) is 0 Å². The molecule has 3 aromatic rings. The molecule has 0 radical (unpaired) electrons. The summed E-state index contributed by atoms with van der Waals surface area (Å²) in [5, 5.41) is 22.1. The number of aromatic nitrogens is 2. The van der Waals surface area contributed by atoms with E-state index >= 15 is 0 Å². The van der Waals surface area contributed by atoms with Crippen molar-refractivity contribution < 1.29 is 19.7 Å². The van der Waals surface area contributed by atoms with Crippen molar-refractivity contribution in [2.45, 2.75) is 31.3 Å². The second-order valence-electron chi connectivity index (χ2n) is 7.75. The molecule has 2 heterocycles. The fourth-order valence-electron chi connectivity index (χ4n) is 3.62. The summed E-state index contributed by atoms with van der Waals surface area (Å²) < 4.78 is 5.65. The van der Waals surface area contributed by atoms with Gasteiger partial charge in [0.2, 0.25) is 0 Å². The summed E-state index contributed by atoms with van der Waals surface area (Å²) in [5.41, 5.74) is 4.07. The lowest BCUT2D eigenvalue weighted by atomic mass is 10.1. The van der Waals surface area contributed by atoms with Gasteiger partial charge in [-0.2, -0.15) is 0 Å². The summed E-state index contributed by atoms with van der Waals surface area (Å²) in [7, 11) is 3.96. The maximum absolute atomic E-state index is 12.6. The Morgan fingerprint density at radius 2 is 2.13 bits per heavy atom. The van der Waals surface area contributed by atoms with E-state index < -0.39 is 18.3 Å². The van der Waals surface area contributed by atoms with Crippen LogP contribution in [0, 0.1) is 0 Å². The minimum atomic E-state index is -0.722. The van der Waals surface area contributed by atoms with Gasteiger partial charge < -0.3 is 30.2 Å². The Bertz CT molecular complexity index is 1050. The van der Waals surface area contributed by atoms with Gasteiger partial charge in [-0.3, -0.25) is 4.79 Å². The number of ether oxygens (including phenoxy) is 1. The molecule has 8 heteroatoms. The number of anilines is 1. The number of rotatable bonds is 6. The van der Waals surface area contributed by atoms with Crippen molar-refractivity contribution in [3.63, 3.8) is 0 Å². The highest BCUT2D eigenvalue weighted by atomic mass is 16.5. The number of aliphatic hydroxyl groups is 2. The molecule has 1 aliphatic heterocycles. The van der Waals surface area contributed by atoms with E-state index in [1.807, 2.05) is 43.3 Å². The van der Waals surface area contributed by atoms with E-state index in [2.05, 4.69) is 15.3 Å². The first kappa shape index (κ1) is 20.3. The third-order valence-corrected chi connectivity index (χ3v) is 5.35. The molecule has 3 atom stereocenters. The standard InChI is InChI=1S/C22H26N4O4/c1-26(2)15-5-3-4-13(8-15)11-23-22(29)14-6-7-16-17(9-14)25-21(24-16)19-10-18(28)20(12-27)30-19/h3-9,18-20,27-28H,10-12H2,1-2H3,(H,23,29)(H,24,25)/t18-,19+,20+/m0/s1. The van der Waals surface area contributed by atoms with Crippen molar-refractivity contribution >= 4 is 22.6 Å². The van der Waals surface area contributed by atoms with E-state index in [9.17, 15) is 15.0 Å². The summed E-state index contributed by atoms with van der Waals surface area (Å²) in [5.74, 6) is 0.411. The van der Waals surface area contributed by atoms with Crippen LogP contribution in [0.1, 0.15) is 34.3 Å². The van der Waals surface area contributed by atoms with Crippen LogP contribution >= 0.6 is 0 Å². The Kier molecular flexibility index (Phi) is 5.72. The van der Waals surface area contributed by atoms with E-state index in [1.165, 1.54) is 0 Å². The highest BCUT2D eigenvalue weighted by Crippen LogP contribution is 2.32. The number of fused-ring (bicyclic) bond motifs is 1. The molecule has 0 saturated carbocycles. The molecular weight excluding hydrogens is 384 g/mol. The Hall–Kier alpha value is -2.94. The Morgan fingerprint density at radius 1 is 1.30 bits per heavy atom. The zero-order valence-corrected chi connectivity index (χ0v) is 17.0. The van der Waals surface area contributed by atoms with Crippen LogP contribution in [0.15, 0.2) is 42.5 Å². The molecule has 1 aromatic heterocycles. The molecule has 4 rings (SSSR count). The molecule has 2 aromatic carbocycles. The molecule has 1 aliphatic rings. The number of imidazole rings is 1. The highest BCUT2D eigenvalue weighted by Gasteiger charge is 2.35. The van der Waals surface area contributed by atoms with E-state index in [0.717, 1.165) is 16.8 Å². The van der Waals surface area contributed by atoms with Crippen molar-refractivity contribution in [3.05, 3.63) is 59.4 Å². The van der Waals surface area contributed by atoms with Gasteiger partial charge in [0, 0.05) is 38.3 Å². The molecule has 0 spiro atoms. The molecule has 158 valence electrons. The molecule has 4 N–H and O–H groups in total. The summed E-state index contributed by atoms with van der Waals surface area (Å²) in [4.78, 5) is 22.3. The first-order valence-electron chi connectivity index (χ1n) is 9.93. The fraction of sp³-hybridized carbons (Fsp3) is 0.364. The van der Waals surface area contributed by atoms with E-state index in [0.29, 0.717) is 29.9 Å². The van der Waals surface area contributed by atoms with E-state index in [1.54, 1.807) is 18.2 Å². The molecule has 1 amide bonds. The molecule has 0 bridgehead atoms. The van der Waals surface area contributed by atoms with Crippen molar-refractivity contribution in [2.24, 2.45) is 0 Å². The molecule has 0 unspecified atom stereocenters. The van der Waals surface area contributed by atoms with Gasteiger partial charge in [0.1, 0.15) is 18.0 Å². The summed E-state index contributed by atoms with van der Waals surface area (Å²) in [6.45, 7) is 0.197. The van der Waals surface area contributed by atoms with Gasteiger partial charge in [-0.15, -0.1) is 0 Å². The molecular formula is C22H26N4O4. The van der Waals surface area contributed by atoms with Crippen molar-refractivity contribution in [1.82, 2.24) is 15.3 Å². The number of carbonyl (C=O) groups is 1. The van der Waals surface area contributed by atoms with Crippen molar-refractivity contribution in [2.75, 3.05) is 25.6 Å². The lowest BCUT2D eigenvalue weighted by Gasteiger charge is -2.14. The molecule has 8 nitrogen and oxygen atoms in total. The number of nitrogens with one attached hydrogen (secondary N) is 2. The minimum absolute atomic E-state index is 0.170. The lowest BCUT2D eigenvalue weighted by Crippen LogP contribution is -2.24. The predicted molar refractivity (Wildman–Crippen MR) is 113 cm³/mol. The molecule has 30 heavy (non-hydrogen) atoms. The van der Waals surface area contributed by atoms with Crippen LogP contribution in [0.3, 0.4) is 0 Å². The Morgan fingerprint density at radius 3 is 2.87 bits per heavy atom. The number of H-pyrrole nitrogens is 1. The van der Waals surface area contributed by atoms with Crippen LogP contribution in [0.4, 0.5) is 5.69 Å². The smallest absolute Gasteiger partial charge is 0.251 e. The third-order valence-electron chi connectivity index (χ3n) is 5.35. The van der Waals surface area contributed by atoms with Crippen LogP contribution in [0.5, 0.6) is 0 Å². The number of hydrogen-bond donors (Lipinski definition) is 4. The fourth-order valence-corrected chi connectivity index (χ4v) is 3.62. The topological polar surface area (TPSA) is 111 Å². The van der Waals surface area contributed by atoms with Gasteiger partial charge in [0.05, 0.1) is 23.7 Å². The van der Waals surface area contributed by atoms with Crippen LogP contribution < -0.4 is 10.2 Å². The minimum Gasteiger partial charge on any atom is -0.394 e. The number of amides is 1. The second-order valence-corrected chi connectivity index (χ2v) is 7.75. The second kappa shape index (κ2) is 8.43. The van der Waals surface area contributed by atoms with Crippen molar-refractivity contribution in [1.29, 1.82) is 0 Å². The molecule has 0 aliphatic carbocycles. The van der Waals surface area contributed by atoms with Gasteiger partial charge in [-0.25, -0.2) is 4.98 Å². The molecule has 1 saturated heterocycles. The average molecular weight is 410 g/mol. The quantitative estimate of drug-likeness (QED) is 0.493. The monoisotopic (exact) mass is 410 g/mol. The maximum Gasteiger partial charge on any atom is 0.251 e. The number of aliphatic hydroxyl groups excluding tert-OH is 2. The van der Waals surface area contributed by atoms with E-state index in [-0.39, 0.29) is 12.5 Å². The largest absolute Gasteiger partial charge is 0.394 e. The van der Waals surface area contributed by atoms with Crippen LogP contribution in [-0.2, 0) is 11.3 Å². The van der Waals surface area contributed by atoms with Crippen LogP contribution in [0.2, 0.25) is 0 Å². The molecule has 1 fully saturated rings. The zero-order valence-electron chi connectivity index (χ0n) is 17.0.